The van der Waals surface area contributed by atoms with Crippen LogP contribution >= 0.6 is 0 Å². The van der Waals surface area contributed by atoms with E-state index in [0.717, 1.165) is 35.7 Å². The van der Waals surface area contributed by atoms with Crippen molar-refractivity contribution >= 4 is 17.2 Å². The Morgan fingerprint density at radius 2 is 1.69 bits per heavy atom. The van der Waals surface area contributed by atoms with Crippen molar-refractivity contribution in [3.05, 3.63) is 78.1 Å². The number of rotatable bonds is 7. The van der Waals surface area contributed by atoms with Gasteiger partial charge in [0.25, 0.3) is 0 Å². The van der Waals surface area contributed by atoms with Crippen LogP contribution in [-0.2, 0) is 6.42 Å². The van der Waals surface area contributed by atoms with E-state index >= 15 is 0 Å². The third kappa shape index (κ3) is 4.48. The Kier molecular flexibility index (Phi) is 5.64. The Labute approximate surface area is 153 Å². The van der Waals surface area contributed by atoms with Crippen LogP contribution in [-0.4, -0.2) is 10.8 Å². The highest BCUT2D eigenvalue weighted by atomic mass is 16.5. The second kappa shape index (κ2) is 8.30. The second-order valence-corrected chi connectivity index (χ2v) is 6.12. The van der Waals surface area contributed by atoms with Crippen LogP contribution < -0.4 is 10.1 Å². The molecule has 3 aromatic rings. The van der Waals surface area contributed by atoms with Gasteiger partial charge in [0.2, 0.25) is 0 Å². The maximum absolute atomic E-state index is 12.0. The van der Waals surface area contributed by atoms with E-state index in [9.17, 15) is 4.79 Å². The largest absolute Gasteiger partial charge is 0.457 e. The molecule has 3 rings (SSSR count). The van der Waals surface area contributed by atoms with Gasteiger partial charge in [0.15, 0.2) is 5.78 Å². The standard InChI is InChI=1S/C22H22N2O2/c1-3-4-17-5-10-22(21(15-17)16(2)25)24-18-6-8-19(9-7-18)26-20-11-13-23-14-12-20/h5-15,24H,3-4H2,1-2H3. The predicted octanol–water partition coefficient (Wildman–Crippen LogP) is 5.77. The van der Waals surface area contributed by atoms with Crippen LogP contribution in [0.5, 0.6) is 11.5 Å². The molecular formula is C22H22N2O2. The molecule has 132 valence electrons. The number of carbonyl (C=O) groups is 1. The van der Waals surface area contributed by atoms with Gasteiger partial charge in [-0.3, -0.25) is 9.78 Å². The molecule has 0 aliphatic rings. The van der Waals surface area contributed by atoms with E-state index < -0.39 is 0 Å². The van der Waals surface area contributed by atoms with Gasteiger partial charge in [-0.15, -0.1) is 0 Å². The van der Waals surface area contributed by atoms with Crippen molar-refractivity contribution in [2.75, 3.05) is 5.32 Å². The Morgan fingerprint density at radius 3 is 2.35 bits per heavy atom. The fourth-order valence-corrected chi connectivity index (χ4v) is 2.74. The van der Waals surface area contributed by atoms with Gasteiger partial charge in [0.1, 0.15) is 11.5 Å². The smallest absolute Gasteiger partial charge is 0.161 e. The number of anilines is 2. The molecule has 4 heteroatoms. The van der Waals surface area contributed by atoms with E-state index in [1.165, 1.54) is 5.56 Å². The average Bonchev–Trinajstić information content (AvgIpc) is 2.65. The monoisotopic (exact) mass is 346 g/mol. The zero-order valence-corrected chi connectivity index (χ0v) is 15.0. The lowest BCUT2D eigenvalue weighted by molar-refractivity contribution is 0.101. The maximum Gasteiger partial charge on any atom is 0.161 e. The van der Waals surface area contributed by atoms with Crippen molar-refractivity contribution in [1.82, 2.24) is 4.98 Å². The summed E-state index contributed by atoms with van der Waals surface area (Å²) in [6, 6.07) is 17.3. The number of benzene rings is 2. The maximum atomic E-state index is 12.0. The average molecular weight is 346 g/mol. The first-order valence-electron chi connectivity index (χ1n) is 8.74. The Bertz CT molecular complexity index is 874. The van der Waals surface area contributed by atoms with Gasteiger partial charge in [0.05, 0.1) is 0 Å². The minimum absolute atomic E-state index is 0.0584. The molecular weight excluding hydrogens is 324 g/mol. The third-order valence-electron chi connectivity index (χ3n) is 4.02. The fourth-order valence-electron chi connectivity index (χ4n) is 2.74. The van der Waals surface area contributed by atoms with Gasteiger partial charge in [-0.1, -0.05) is 19.4 Å². The fraction of sp³-hybridized carbons (Fsp3) is 0.182. The Balaban J connectivity index is 1.75. The van der Waals surface area contributed by atoms with E-state index in [1.54, 1.807) is 19.3 Å². The first-order valence-corrected chi connectivity index (χ1v) is 8.74. The van der Waals surface area contributed by atoms with E-state index in [0.29, 0.717) is 5.56 Å². The van der Waals surface area contributed by atoms with Gasteiger partial charge in [-0.25, -0.2) is 0 Å². The molecule has 0 saturated carbocycles. The summed E-state index contributed by atoms with van der Waals surface area (Å²) >= 11 is 0. The first-order chi connectivity index (χ1) is 12.7. The van der Waals surface area contributed by atoms with Crippen LogP contribution in [0.3, 0.4) is 0 Å². The molecule has 0 aliphatic heterocycles. The summed E-state index contributed by atoms with van der Waals surface area (Å²) < 4.78 is 5.77. The van der Waals surface area contributed by atoms with Gasteiger partial charge in [-0.2, -0.15) is 0 Å². The molecule has 0 aliphatic carbocycles. The lowest BCUT2D eigenvalue weighted by Crippen LogP contribution is -2.02. The minimum Gasteiger partial charge on any atom is -0.457 e. The molecule has 0 saturated heterocycles. The molecule has 1 aromatic heterocycles. The number of nitrogens with one attached hydrogen (secondary N) is 1. The van der Waals surface area contributed by atoms with Gasteiger partial charge in [0, 0.05) is 29.3 Å². The first kappa shape index (κ1) is 17.7. The Morgan fingerprint density at radius 1 is 1.00 bits per heavy atom. The summed E-state index contributed by atoms with van der Waals surface area (Å²) in [6.45, 7) is 3.73. The number of hydrogen-bond donors (Lipinski definition) is 1. The lowest BCUT2D eigenvalue weighted by Gasteiger charge is -2.13. The molecule has 0 unspecified atom stereocenters. The molecule has 0 bridgehead atoms. The van der Waals surface area contributed by atoms with E-state index in [2.05, 4.69) is 23.3 Å². The number of aryl methyl sites for hydroxylation is 1. The van der Waals surface area contributed by atoms with Crippen LogP contribution in [0.4, 0.5) is 11.4 Å². The Hall–Kier alpha value is -3.14. The highest BCUT2D eigenvalue weighted by Gasteiger charge is 2.09. The van der Waals surface area contributed by atoms with Gasteiger partial charge >= 0.3 is 0 Å². The normalized spacial score (nSPS) is 10.4. The molecule has 0 radical (unpaired) electrons. The third-order valence-corrected chi connectivity index (χ3v) is 4.02. The van der Waals surface area contributed by atoms with Crippen LogP contribution in [0, 0.1) is 0 Å². The van der Waals surface area contributed by atoms with Gasteiger partial charge < -0.3 is 10.1 Å². The van der Waals surface area contributed by atoms with Crippen molar-refractivity contribution in [1.29, 1.82) is 0 Å². The van der Waals surface area contributed by atoms with E-state index in [1.807, 2.05) is 48.5 Å². The summed E-state index contributed by atoms with van der Waals surface area (Å²) in [7, 11) is 0. The molecule has 1 heterocycles. The van der Waals surface area contributed by atoms with E-state index in [-0.39, 0.29) is 5.78 Å². The van der Waals surface area contributed by atoms with Crippen molar-refractivity contribution in [2.24, 2.45) is 0 Å². The lowest BCUT2D eigenvalue weighted by atomic mass is 10.0. The number of nitrogens with zero attached hydrogens (tertiary/aromatic N) is 1. The topological polar surface area (TPSA) is 51.2 Å². The summed E-state index contributed by atoms with van der Waals surface area (Å²) in [6.07, 6.45) is 5.41. The van der Waals surface area contributed by atoms with Crippen LogP contribution in [0.25, 0.3) is 0 Å². The molecule has 1 N–H and O–H groups in total. The number of Topliss-reactive ketones (excluding diaryl/α,β-unsaturated/α-hetero) is 1. The van der Waals surface area contributed by atoms with Crippen LogP contribution in [0.1, 0.15) is 36.2 Å². The molecule has 0 atom stereocenters. The SMILES string of the molecule is CCCc1ccc(Nc2ccc(Oc3ccncc3)cc2)c(C(C)=O)c1. The minimum atomic E-state index is 0.0584. The van der Waals surface area contributed by atoms with Gasteiger partial charge in [-0.05, 0) is 67.4 Å². The van der Waals surface area contributed by atoms with Crippen LogP contribution in [0.15, 0.2) is 67.0 Å². The molecule has 4 nitrogen and oxygen atoms in total. The second-order valence-electron chi connectivity index (χ2n) is 6.12. The van der Waals surface area contributed by atoms with Crippen LogP contribution in [0.2, 0.25) is 0 Å². The zero-order valence-electron chi connectivity index (χ0n) is 15.0. The van der Waals surface area contributed by atoms with E-state index in [4.69, 9.17) is 4.74 Å². The highest BCUT2D eigenvalue weighted by Crippen LogP contribution is 2.26. The number of hydrogen-bond acceptors (Lipinski definition) is 4. The summed E-state index contributed by atoms with van der Waals surface area (Å²) in [5.41, 5.74) is 3.62. The number of ether oxygens (including phenoxy) is 1. The van der Waals surface area contributed by atoms with Crippen molar-refractivity contribution in [2.45, 2.75) is 26.7 Å². The van der Waals surface area contributed by atoms with Crippen molar-refractivity contribution < 1.29 is 9.53 Å². The number of ketones is 1. The predicted molar refractivity (Wildman–Crippen MR) is 104 cm³/mol. The molecule has 0 amide bonds. The molecule has 2 aromatic carbocycles. The zero-order chi connectivity index (χ0) is 18.4. The molecule has 0 fully saturated rings. The van der Waals surface area contributed by atoms with Crippen molar-refractivity contribution in [3.63, 3.8) is 0 Å². The summed E-state index contributed by atoms with van der Waals surface area (Å²) in [5.74, 6) is 1.54. The number of carbonyl (C=O) groups excluding carboxylic acids is 1. The molecule has 26 heavy (non-hydrogen) atoms. The highest BCUT2D eigenvalue weighted by molar-refractivity contribution is 6.00. The number of pyridine rings is 1. The molecule has 0 spiro atoms. The number of aromatic nitrogens is 1. The van der Waals surface area contributed by atoms with Crippen molar-refractivity contribution in [3.8, 4) is 11.5 Å². The quantitative estimate of drug-likeness (QED) is 0.552. The summed E-state index contributed by atoms with van der Waals surface area (Å²) in [4.78, 5) is 16.0. The summed E-state index contributed by atoms with van der Waals surface area (Å²) in [5, 5.41) is 3.33.